The maximum Gasteiger partial charge on any atom is 0.303 e. The summed E-state index contributed by atoms with van der Waals surface area (Å²) >= 11 is 0. The van der Waals surface area contributed by atoms with E-state index in [0.29, 0.717) is 12.3 Å². The van der Waals surface area contributed by atoms with E-state index in [1.807, 2.05) is 12.1 Å². The number of hydrogen-bond donors (Lipinski definition) is 1. The van der Waals surface area contributed by atoms with Crippen LogP contribution in [0.2, 0.25) is 0 Å². The van der Waals surface area contributed by atoms with E-state index in [-0.39, 0.29) is 6.42 Å². The zero-order chi connectivity index (χ0) is 14.5. The van der Waals surface area contributed by atoms with Crippen molar-refractivity contribution in [1.29, 1.82) is 0 Å². The van der Waals surface area contributed by atoms with Crippen LogP contribution in [0.25, 0.3) is 10.9 Å². The summed E-state index contributed by atoms with van der Waals surface area (Å²) in [5.74, 6) is -0.0932. The Balaban J connectivity index is 2.27. The van der Waals surface area contributed by atoms with Crippen LogP contribution >= 0.6 is 0 Å². The molecule has 0 spiro atoms. The summed E-state index contributed by atoms with van der Waals surface area (Å²) in [5, 5.41) is 10.1. The Kier molecular flexibility index (Phi) is 4.83. The summed E-state index contributed by atoms with van der Waals surface area (Å²) in [7, 11) is 0. The van der Waals surface area contributed by atoms with Crippen molar-refractivity contribution in [3.05, 3.63) is 36.0 Å². The largest absolute Gasteiger partial charge is 0.481 e. The number of aromatic nitrogens is 1. The average Bonchev–Trinajstić information content (AvgIpc) is 2.75. The first-order valence-corrected chi connectivity index (χ1v) is 7.40. The predicted molar refractivity (Wildman–Crippen MR) is 82.0 cm³/mol. The maximum absolute atomic E-state index is 10.8. The number of carboxylic acid groups (broad SMARTS) is 1. The van der Waals surface area contributed by atoms with Crippen LogP contribution in [-0.4, -0.2) is 15.6 Å². The highest BCUT2D eigenvalue weighted by molar-refractivity contribution is 5.84. The first-order valence-electron chi connectivity index (χ1n) is 7.40. The van der Waals surface area contributed by atoms with E-state index in [4.69, 9.17) is 5.11 Å². The summed E-state index contributed by atoms with van der Waals surface area (Å²) in [6.07, 6.45) is 5.35. The van der Waals surface area contributed by atoms with Crippen LogP contribution in [0.1, 0.15) is 38.7 Å². The molecule has 0 saturated heterocycles. The number of hydrogen-bond acceptors (Lipinski definition) is 1. The van der Waals surface area contributed by atoms with Crippen molar-refractivity contribution < 1.29 is 9.90 Å². The summed E-state index contributed by atoms with van der Waals surface area (Å²) in [5.41, 5.74) is 2.36. The van der Waals surface area contributed by atoms with E-state index in [1.165, 1.54) is 23.7 Å². The number of benzene rings is 1. The lowest BCUT2D eigenvalue weighted by molar-refractivity contribution is -0.136. The summed E-state index contributed by atoms with van der Waals surface area (Å²) in [6.45, 7) is 5.49. The molecule has 0 fully saturated rings. The normalized spacial score (nSPS) is 12.7. The molecule has 1 aromatic carbocycles. The van der Waals surface area contributed by atoms with E-state index in [0.717, 1.165) is 12.1 Å². The number of aliphatic carboxylic acids is 1. The van der Waals surface area contributed by atoms with Gasteiger partial charge in [-0.2, -0.15) is 0 Å². The second-order valence-electron chi connectivity index (χ2n) is 5.61. The van der Waals surface area contributed by atoms with Crippen LogP contribution in [-0.2, 0) is 17.8 Å². The van der Waals surface area contributed by atoms with E-state index in [2.05, 4.69) is 36.7 Å². The third-order valence-electron chi connectivity index (χ3n) is 3.77. The van der Waals surface area contributed by atoms with E-state index in [1.54, 1.807) is 0 Å². The minimum atomic E-state index is -0.735. The Morgan fingerprint density at radius 3 is 2.80 bits per heavy atom. The smallest absolute Gasteiger partial charge is 0.303 e. The fraction of sp³-hybridized carbons (Fsp3) is 0.471. The molecule has 1 unspecified atom stereocenters. The Morgan fingerprint density at radius 1 is 1.35 bits per heavy atom. The Labute approximate surface area is 120 Å². The van der Waals surface area contributed by atoms with Gasteiger partial charge in [0, 0.05) is 30.1 Å². The van der Waals surface area contributed by atoms with Crippen molar-refractivity contribution in [3.8, 4) is 0 Å². The van der Waals surface area contributed by atoms with Crippen LogP contribution in [0.5, 0.6) is 0 Å². The lowest BCUT2D eigenvalue weighted by atomic mass is 10.1. The van der Waals surface area contributed by atoms with Crippen LogP contribution in [0.15, 0.2) is 30.5 Å². The van der Waals surface area contributed by atoms with Gasteiger partial charge in [0.05, 0.1) is 0 Å². The Morgan fingerprint density at radius 2 is 2.10 bits per heavy atom. The quantitative estimate of drug-likeness (QED) is 0.825. The fourth-order valence-electron chi connectivity index (χ4n) is 2.83. The maximum atomic E-state index is 10.8. The van der Waals surface area contributed by atoms with Crippen LogP contribution in [0, 0.1) is 5.92 Å². The molecule has 1 heterocycles. The zero-order valence-electron chi connectivity index (χ0n) is 12.3. The van der Waals surface area contributed by atoms with E-state index < -0.39 is 5.97 Å². The van der Waals surface area contributed by atoms with Gasteiger partial charge < -0.3 is 9.67 Å². The third-order valence-corrected chi connectivity index (χ3v) is 3.77. The second kappa shape index (κ2) is 6.60. The molecular weight excluding hydrogens is 250 g/mol. The monoisotopic (exact) mass is 273 g/mol. The van der Waals surface area contributed by atoms with Gasteiger partial charge in [0.2, 0.25) is 0 Å². The molecule has 0 bridgehead atoms. The molecule has 0 radical (unpaired) electrons. The van der Waals surface area contributed by atoms with Gasteiger partial charge in [-0.15, -0.1) is 0 Å². The fourth-order valence-corrected chi connectivity index (χ4v) is 2.83. The standard InChI is InChI=1S/C17H23NO2/c1-3-6-13(2)11-18-12-14(9-10-17(19)20)15-7-4-5-8-16(15)18/h4-5,7-8,12-13H,3,6,9-11H2,1-2H3,(H,19,20). The predicted octanol–water partition coefficient (Wildman–Crippen LogP) is 4.09. The molecule has 0 aliphatic rings. The van der Waals surface area contributed by atoms with Crippen LogP contribution < -0.4 is 0 Å². The first kappa shape index (κ1) is 14.6. The molecule has 2 aromatic rings. The molecule has 2 rings (SSSR count). The van der Waals surface area contributed by atoms with Gasteiger partial charge in [0.15, 0.2) is 0 Å². The van der Waals surface area contributed by atoms with Gasteiger partial charge >= 0.3 is 5.97 Å². The van der Waals surface area contributed by atoms with Crippen molar-refractivity contribution in [1.82, 2.24) is 4.57 Å². The van der Waals surface area contributed by atoms with Gasteiger partial charge in [-0.1, -0.05) is 38.5 Å². The number of para-hydroxylation sites is 1. The molecule has 0 aliphatic heterocycles. The molecule has 1 aromatic heterocycles. The number of fused-ring (bicyclic) bond motifs is 1. The number of aryl methyl sites for hydroxylation is 1. The van der Waals surface area contributed by atoms with Crippen molar-refractivity contribution in [2.75, 3.05) is 0 Å². The highest BCUT2D eigenvalue weighted by Crippen LogP contribution is 2.24. The number of carboxylic acids is 1. The van der Waals surface area contributed by atoms with Crippen LogP contribution in [0.4, 0.5) is 0 Å². The summed E-state index contributed by atoms with van der Waals surface area (Å²) < 4.78 is 2.28. The molecule has 0 saturated carbocycles. The average molecular weight is 273 g/mol. The van der Waals surface area contributed by atoms with Crippen LogP contribution in [0.3, 0.4) is 0 Å². The van der Waals surface area contributed by atoms with Crippen molar-refractivity contribution in [3.63, 3.8) is 0 Å². The minimum Gasteiger partial charge on any atom is -0.481 e. The Bertz CT molecular complexity index is 586. The molecule has 108 valence electrons. The first-order chi connectivity index (χ1) is 9.61. The van der Waals surface area contributed by atoms with E-state index in [9.17, 15) is 4.79 Å². The SMILES string of the molecule is CCCC(C)Cn1cc(CCC(=O)O)c2ccccc21. The number of nitrogens with zero attached hydrogens (tertiary/aromatic N) is 1. The lowest BCUT2D eigenvalue weighted by Crippen LogP contribution is -2.06. The van der Waals surface area contributed by atoms with Crippen molar-refractivity contribution >= 4 is 16.9 Å². The molecule has 20 heavy (non-hydrogen) atoms. The van der Waals surface area contributed by atoms with Gasteiger partial charge in [0.1, 0.15) is 0 Å². The summed E-state index contributed by atoms with van der Waals surface area (Å²) in [4.78, 5) is 10.8. The lowest BCUT2D eigenvalue weighted by Gasteiger charge is -2.12. The summed E-state index contributed by atoms with van der Waals surface area (Å²) in [6, 6.07) is 8.28. The molecule has 1 N–H and O–H groups in total. The number of carbonyl (C=O) groups is 1. The van der Waals surface area contributed by atoms with Gasteiger partial charge in [-0.25, -0.2) is 0 Å². The topological polar surface area (TPSA) is 42.2 Å². The minimum absolute atomic E-state index is 0.193. The van der Waals surface area contributed by atoms with Crippen molar-refractivity contribution in [2.24, 2.45) is 5.92 Å². The van der Waals surface area contributed by atoms with Gasteiger partial charge in [0.25, 0.3) is 0 Å². The van der Waals surface area contributed by atoms with E-state index >= 15 is 0 Å². The van der Waals surface area contributed by atoms with Gasteiger partial charge in [-0.3, -0.25) is 4.79 Å². The molecule has 3 nitrogen and oxygen atoms in total. The molecular formula is C17H23NO2. The number of rotatable bonds is 7. The highest BCUT2D eigenvalue weighted by atomic mass is 16.4. The molecule has 3 heteroatoms. The Hall–Kier alpha value is -1.77. The van der Waals surface area contributed by atoms with Crippen molar-refractivity contribution in [2.45, 2.75) is 46.1 Å². The zero-order valence-corrected chi connectivity index (χ0v) is 12.3. The van der Waals surface area contributed by atoms with Gasteiger partial charge in [-0.05, 0) is 30.4 Å². The third kappa shape index (κ3) is 3.41. The highest BCUT2D eigenvalue weighted by Gasteiger charge is 2.11. The molecule has 0 amide bonds. The molecule has 1 atom stereocenters. The molecule has 0 aliphatic carbocycles. The second-order valence-corrected chi connectivity index (χ2v) is 5.61.